The Balaban J connectivity index is 1.62. The van der Waals surface area contributed by atoms with Crippen LogP contribution in [0.15, 0.2) is 36.4 Å². The Morgan fingerprint density at radius 3 is 2.71 bits per heavy atom. The van der Waals surface area contributed by atoms with Crippen molar-refractivity contribution in [3.63, 3.8) is 0 Å². The molecule has 1 aliphatic heterocycles. The normalized spacial score (nSPS) is 12.6. The van der Waals surface area contributed by atoms with Crippen molar-refractivity contribution in [3.05, 3.63) is 47.5 Å². The highest BCUT2D eigenvalue weighted by Crippen LogP contribution is 2.32. The maximum Gasteiger partial charge on any atom is 0.243 e. The topological polar surface area (TPSA) is 59.6 Å². The summed E-state index contributed by atoms with van der Waals surface area (Å²) >= 11 is 0. The minimum atomic E-state index is -0.0751. The lowest BCUT2D eigenvalue weighted by molar-refractivity contribution is -0.114. The van der Waals surface area contributed by atoms with Crippen LogP contribution in [0.5, 0.6) is 11.5 Å². The molecule has 0 bridgehead atoms. The highest BCUT2D eigenvalue weighted by molar-refractivity contribution is 5.95. The van der Waals surface area contributed by atoms with Crippen molar-refractivity contribution >= 4 is 17.3 Å². The number of anilines is 2. The summed E-state index contributed by atoms with van der Waals surface area (Å²) in [6.45, 7) is 5.39. The fourth-order valence-electron chi connectivity index (χ4n) is 2.72. The molecule has 3 rings (SSSR count). The first kappa shape index (κ1) is 16.2. The summed E-state index contributed by atoms with van der Waals surface area (Å²) in [6, 6.07) is 11.6. The van der Waals surface area contributed by atoms with Crippen LogP contribution in [0.3, 0.4) is 0 Å². The number of nitrogens with one attached hydrogen (secondary N) is 2. The van der Waals surface area contributed by atoms with Crippen molar-refractivity contribution in [1.82, 2.24) is 0 Å². The van der Waals surface area contributed by atoms with E-state index in [9.17, 15) is 4.79 Å². The molecule has 1 aliphatic rings. The minimum Gasteiger partial charge on any atom is -0.486 e. The van der Waals surface area contributed by atoms with E-state index < -0.39 is 0 Å². The molecule has 0 atom stereocenters. The maximum atomic E-state index is 12.3. The van der Waals surface area contributed by atoms with Gasteiger partial charge >= 0.3 is 0 Å². The van der Waals surface area contributed by atoms with Crippen LogP contribution in [0.2, 0.25) is 0 Å². The van der Waals surface area contributed by atoms with E-state index >= 15 is 0 Å². The predicted octanol–water partition coefficient (Wildman–Crippen LogP) is 3.38. The van der Waals surface area contributed by atoms with Crippen LogP contribution in [-0.2, 0) is 11.2 Å². The molecule has 126 valence electrons. The van der Waals surface area contributed by atoms with Crippen LogP contribution >= 0.6 is 0 Å². The van der Waals surface area contributed by atoms with Crippen LogP contribution in [0.25, 0.3) is 0 Å². The molecular weight excluding hydrogens is 304 g/mol. The van der Waals surface area contributed by atoms with E-state index in [0.717, 1.165) is 34.7 Å². The highest BCUT2D eigenvalue weighted by atomic mass is 16.6. The van der Waals surface area contributed by atoms with Gasteiger partial charge in [-0.3, -0.25) is 4.79 Å². The number of hydrogen-bond donors (Lipinski definition) is 2. The van der Waals surface area contributed by atoms with Crippen molar-refractivity contribution in [2.24, 2.45) is 0 Å². The lowest BCUT2D eigenvalue weighted by atomic mass is 10.1. The Kier molecular flexibility index (Phi) is 4.89. The number of para-hydroxylation sites is 1. The lowest BCUT2D eigenvalue weighted by Crippen LogP contribution is -2.23. The summed E-state index contributed by atoms with van der Waals surface area (Å²) in [5.41, 5.74) is 3.95. The zero-order valence-electron chi connectivity index (χ0n) is 14.0. The van der Waals surface area contributed by atoms with E-state index in [0.29, 0.717) is 19.0 Å². The van der Waals surface area contributed by atoms with Crippen molar-refractivity contribution in [1.29, 1.82) is 0 Å². The Hall–Kier alpha value is -2.69. The zero-order valence-corrected chi connectivity index (χ0v) is 14.0. The molecule has 0 saturated carbocycles. The second-order valence-electron chi connectivity index (χ2n) is 5.72. The number of ether oxygens (including phenoxy) is 2. The molecule has 0 aliphatic carbocycles. The Labute approximate surface area is 142 Å². The second kappa shape index (κ2) is 7.25. The number of amides is 1. The largest absolute Gasteiger partial charge is 0.486 e. The Bertz CT molecular complexity index is 743. The van der Waals surface area contributed by atoms with Gasteiger partial charge < -0.3 is 20.1 Å². The molecule has 2 N–H and O–H groups in total. The molecule has 0 aromatic heterocycles. The summed E-state index contributed by atoms with van der Waals surface area (Å²) in [6.07, 6.45) is 0.882. The number of aryl methyl sites for hydroxylation is 2. The number of hydrogen-bond acceptors (Lipinski definition) is 4. The molecule has 1 heterocycles. The zero-order chi connectivity index (χ0) is 16.9. The maximum absolute atomic E-state index is 12.3. The lowest BCUT2D eigenvalue weighted by Gasteiger charge is -2.19. The summed E-state index contributed by atoms with van der Waals surface area (Å²) in [5, 5.41) is 6.13. The fraction of sp³-hybridized carbons (Fsp3) is 0.316. The summed E-state index contributed by atoms with van der Waals surface area (Å²) in [5.74, 6) is 1.37. The highest BCUT2D eigenvalue weighted by Gasteiger charge is 2.12. The van der Waals surface area contributed by atoms with E-state index in [2.05, 4.69) is 17.6 Å². The number of fused-ring (bicyclic) bond motifs is 1. The molecule has 5 nitrogen and oxygen atoms in total. The Morgan fingerprint density at radius 1 is 1.12 bits per heavy atom. The van der Waals surface area contributed by atoms with Gasteiger partial charge in [-0.1, -0.05) is 25.1 Å². The van der Waals surface area contributed by atoms with Crippen LogP contribution in [0.4, 0.5) is 11.4 Å². The van der Waals surface area contributed by atoms with Crippen molar-refractivity contribution in [2.45, 2.75) is 20.3 Å². The molecule has 2 aromatic carbocycles. The molecule has 0 radical (unpaired) electrons. The summed E-state index contributed by atoms with van der Waals surface area (Å²) < 4.78 is 11.0. The van der Waals surface area contributed by atoms with Gasteiger partial charge in [0.05, 0.1) is 6.54 Å². The molecule has 0 saturated heterocycles. The van der Waals surface area contributed by atoms with Crippen molar-refractivity contribution in [2.75, 3.05) is 30.4 Å². The van der Waals surface area contributed by atoms with E-state index in [1.807, 2.05) is 43.3 Å². The van der Waals surface area contributed by atoms with Crippen molar-refractivity contribution in [3.8, 4) is 11.5 Å². The minimum absolute atomic E-state index is 0.0751. The molecule has 5 heteroatoms. The SMILES string of the molecule is CCc1cccc(C)c1NC(=O)CNc1ccc2c(c1)OCCO2. The van der Waals surface area contributed by atoms with Gasteiger partial charge in [-0.25, -0.2) is 0 Å². The Morgan fingerprint density at radius 2 is 1.92 bits per heavy atom. The van der Waals surface area contributed by atoms with E-state index in [-0.39, 0.29) is 12.5 Å². The van der Waals surface area contributed by atoms with Gasteiger partial charge in [-0.15, -0.1) is 0 Å². The molecular formula is C19H22N2O3. The molecule has 24 heavy (non-hydrogen) atoms. The summed E-state index contributed by atoms with van der Waals surface area (Å²) in [7, 11) is 0. The van der Waals surface area contributed by atoms with Gasteiger partial charge in [-0.2, -0.15) is 0 Å². The van der Waals surface area contributed by atoms with Gasteiger partial charge in [0.15, 0.2) is 11.5 Å². The van der Waals surface area contributed by atoms with Gasteiger partial charge in [0.2, 0.25) is 5.91 Å². The molecule has 2 aromatic rings. The molecule has 0 unspecified atom stereocenters. The van der Waals surface area contributed by atoms with E-state index in [1.54, 1.807) is 0 Å². The third kappa shape index (κ3) is 3.62. The molecule has 1 amide bonds. The van der Waals surface area contributed by atoms with Gasteiger partial charge in [-0.05, 0) is 36.6 Å². The van der Waals surface area contributed by atoms with Crippen LogP contribution in [-0.4, -0.2) is 25.7 Å². The standard InChI is InChI=1S/C19H22N2O3/c1-3-14-6-4-5-13(2)19(14)21-18(22)12-20-15-7-8-16-17(11-15)24-10-9-23-16/h4-8,11,20H,3,9-10,12H2,1-2H3,(H,21,22). The average molecular weight is 326 g/mol. The smallest absolute Gasteiger partial charge is 0.243 e. The van der Waals surface area contributed by atoms with Crippen LogP contribution in [0.1, 0.15) is 18.1 Å². The number of carbonyl (C=O) groups is 1. The first-order valence-electron chi connectivity index (χ1n) is 8.19. The number of rotatable bonds is 5. The number of benzene rings is 2. The number of carbonyl (C=O) groups excluding carboxylic acids is 1. The summed E-state index contributed by atoms with van der Waals surface area (Å²) in [4.78, 5) is 12.3. The van der Waals surface area contributed by atoms with Gasteiger partial charge in [0.1, 0.15) is 13.2 Å². The molecule has 0 spiro atoms. The fourth-order valence-corrected chi connectivity index (χ4v) is 2.72. The quantitative estimate of drug-likeness (QED) is 0.884. The predicted molar refractivity (Wildman–Crippen MR) is 95.1 cm³/mol. The van der Waals surface area contributed by atoms with E-state index in [1.165, 1.54) is 0 Å². The van der Waals surface area contributed by atoms with Crippen LogP contribution in [0, 0.1) is 6.92 Å². The third-order valence-electron chi connectivity index (χ3n) is 4.00. The second-order valence-corrected chi connectivity index (χ2v) is 5.72. The van der Waals surface area contributed by atoms with E-state index in [4.69, 9.17) is 9.47 Å². The van der Waals surface area contributed by atoms with Gasteiger partial charge in [0.25, 0.3) is 0 Å². The molecule has 0 fully saturated rings. The van der Waals surface area contributed by atoms with Crippen molar-refractivity contribution < 1.29 is 14.3 Å². The first-order chi connectivity index (χ1) is 11.7. The third-order valence-corrected chi connectivity index (χ3v) is 4.00. The average Bonchev–Trinajstić information content (AvgIpc) is 2.61. The first-order valence-corrected chi connectivity index (χ1v) is 8.19. The monoisotopic (exact) mass is 326 g/mol. The van der Waals surface area contributed by atoms with Crippen LogP contribution < -0.4 is 20.1 Å². The van der Waals surface area contributed by atoms with Gasteiger partial charge in [0, 0.05) is 17.4 Å².